The van der Waals surface area contributed by atoms with E-state index in [0.717, 1.165) is 5.57 Å². The lowest BCUT2D eigenvalue weighted by molar-refractivity contribution is -0.453. The van der Waals surface area contributed by atoms with Crippen molar-refractivity contribution < 1.29 is 28.5 Å². The number of methoxy groups -OCH3 is 2. The van der Waals surface area contributed by atoms with E-state index in [0.29, 0.717) is 6.42 Å². The number of hydrogen-bond donors (Lipinski definition) is 0. The molecular formula is C15H24O6. The van der Waals surface area contributed by atoms with Gasteiger partial charge in [0.05, 0.1) is 6.10 Å². The first-order valence-corrected chi connectivity index (χ1v) is 7.05. The van der Waals surface area contributed by atoms with Crippen LogP contribution in [-0.4, -0.2) is 50.1 Å². The van der Waals surface area contributed by atoms with Gasteiger partial charge in [0.15, 0.2) is 0 Å². The molecule has 120 valence electrons. The molecule has 0 bridgehead atoms. The van der Waals surface area contributed by atoms with Crippen LogP contribution in [0, 0.1) is 0 Å². The van der Waals surface area contributed by atoms with E-state index in [9.17, 15) is 4.79 Å². The molecule has 0 aromatic carbocycles. The van der Waals surface area contributed by atoms with E-state index < -0.39 is 23.8 Å². The van der Waals surface area contributed by atoms with Crippen LogP contribution in [0.2, 0.25) is 0 Å². The summed E-state index contributed by atoms with van der Waals surface area (Å²) in [6.45, 7) is 6.89. The molecule has 6 nitrogen and oxygen atoms in total. The molecule has 0 aromatic rings. The second kappa shape index (κ2) is 5.68. The lowest BCUT2D eigenvalue weighted by atomic mass is 9.90. The monoisotopic (exact) mass is 300 g/mol. The van der Waals surface area contributed by atoms with Gasteiger partial charge in [-0.25, -0.2) is 0 Å². The molecule has 1 saturated heterocycles. The smallest absolute Gasteiger partial charge is 0.303 e. The Balaban J connectivity index is 2.32. The summed E-state index contributed by atoms with van der Waals surface area (Å²) in [5.74, 6) is -2.49. The number of ether oxygens (including phenoxy) is 5. The summed E-state index contributed by atoms with van der Waals surface area (Å²) in [5, 5.41) is 0. The maximum atomic E-state index is 11.3. The molecule has 0 amide bonds. The molecule has 1 aliphatic heterocycles. The third-order valence-electron chi connectivity index (χ3n) is 4.31. The van der Waals surface area contributed by atoms with Gasteiger partial charge >= 0.3 is 5.97 Å². The second-order valence-corrected chi connectivity index (χ2v) is 5.83. The van der Waals surface area contributed by atoms with Gasteiger partial charge in [-0.15, -0.1) is 0 Å². The molecule has 0 spiro atoms. The van der Waals surface area contributed by atoms with Gasteiger partial charge in [0.2, 0.25) is 11.6 Å². The number of esters is 1. The van der Waals surface area contributed by atoms with Crippen LogP contribution in [0.4, 0.5) is 0 Å². The highest BCUT2D eigenvalue weighted by Crippen LogP contribution is 2.43. The number of carbonyl (C=O) groups is 1. The predicted molar refractivity (Wildman–Crippen MR) is 74.5 cm³/mol. The van der Waals surface area contributed by atoms with Gasteiger partial charge in [-0.3, -0.25) is 4.79 Å². The Morgan fingerprint density at radius 1 is 1.24 bits per heavy atom. The minimum atomic E-state index is -1.10. The number of rotatable bonds is 3. The lowest BCUT2D eigenvalue weighted by Gasteiger charge is -2.54. The van der Waals surface area contributed by atoms with Gasteiger partial charge in [-0.05, 0) is 33.3 Å². The van der Waals surface area contributed by atoms with E-state index >= 15 is 0 Å². The average molecular weight is 300 g/mol. The number of carbonyl (C=O) groups excluding carboxylic acids is 1. The van der Waals surface area contributed by atoms with Crippen LogP contribution in [0.3, 0.4) is 0 Å². The third kappa shape index (κ3) is 2.85. The molecule has 5 atom stereocenters. The minimum Gasteiger partial charge on any atom is -0.455 e. The molecule has 6 heteroatoms. The van der Waals surface area contributed by atoms with Crippen molar-refractivity contribution in [1.82, 2.24) is 0 Å². The Bertz CT molecular complexity index is 447. The van der Waals surface area contributed by atoms with Crippen LogP contribution in [0.15, 0.2) is 11.6 Å². The largest absolute Gasteiger partial charge is 0.455 e. The van der Waals surface area contributed by atoms with Gasteiger partial charge in [0.25, 0.3) is 0 Å². The predicted octanol–water partition coefficient (Wildman–Crippen LogP) is 1.78. The lowest BCUT2D eigenvalue weighted by Crippen LogP contribution is -2.67. The Morgan fingerprint density at radius 2 is 1.81 bits per heavy atom. The first-order valence-electron chi connectivity index (χ1n) is 7.05. The van der Waals surface area contributed by atoms with Crippen molar-refractivity contribution in [2.75, 3.05) is 14.2 Å². The van der Waals surface area contributed by atoms with Gasteiger partial charge in [-0.1, -0.05) is 5.57 Å². The minimum absolute atomic E-state index is 0.257. The Labute approximate surface area is 125 Å². The summed E-state index contributed by atoms with van der Waals surface area (Å²) in [6, 6.07) is 0. The Kier molecular flexibility index (Phi) is 4.44. The molecule has 1 heterocycles. The molecule has 0 aromatic heterocycles. The van der Waals surface area contributed by atoms with Gasteiger partial charge in [0, 0.05) is 21.1 Å². The van der Waals surface area contributed by atoms with E-state index in [1.165, 1.54) is 14.0 Å². The second-order valence-electron chi connectivity index (χ2n) is 5.83. The maximum Gasteiger partial charge on any atom is 0.303 e. The summed E-state index contributed by atoms with van der Waals surface area (Å²) in [6.07, 6.45) is 1.42. The highest BCUT2D eigenvalue weighted by Gasteiger charge is 2.58. The fraction of sp³-hybridized carbons (Fsp3) is 0.800. The highest BCUT2D eigenvalue weighted by molar-refractivity contribution is 5.66. The van der Waals surface area contributed by atoms with Crippen LogP contribution in [-0.2, 0) is 28.5 Å². The first kappa shape index (κ1) is 16.4. The van der Waals surface area contributed by atoms with Crippen molar-refractivity contribution in [1.29, 1.82) is 0 Å². The molecule has 1 fully saturated rings. The third-order valence-corrected chi connectivity index (χ3v) is 4.31. The quantitative estimate of drug-likeness (QED) is 0.585. The van der Waals surface area contributed by atoms with Crippen molar-refractivity contribution in [3.8, 4) is 0 Å². The van der Waals surface area contributed by atoms with Gasteiger partial charge < -0.3 is 23.7 Å². The van der Waals surface area contributed by atoms with Crippen molar-refractivity contribution in [3.63, 3.8) is 0 Å². The van der Waals surface area contributed by atoms with Gasteiger partial charge in [0.1, 0.15) is 12.2 Å². The Morgan fingerprint density at radius 3 is 2.33 bits per heavy atom. The summed E-state index contributed by atoms with van der Waals surface area (Å²) in [4.78, 5) is 11.3. The SMILES string of the molecule is CO[C@@]1(C)O[C@@H]2[C@@H](OC(C)=O)C=C(C)C[C@H]2O[C@]1(C)OC. The topological polar surface area (TPSA) is 63.2 Å². The zero-order valence-electron chi connectivity index (χ0n) is 13.5. The molecule has 0 N–H and O–H groups in total. The zero-order valence-corrected chi connectivity index (χ0v) is 13.5. The number of hydrogen-bond acceptors (Lipinski definition) is 6. The van der Waals surface area contributed by atoms with Crippen LogP contribution in [0.1, 0.15) is 34.1 Å². The molecule has 0 radical (unpaired) electrons. The van der Waals surface area contributed by atoms with Crippen molar-refractivity contribution in [2.45, 2.75) is 64.0 Å². The molecule has 0 unspecified atom stereocenters. The molecule has 21 heavy (non-hydrogen) atoms. The van der Waals surface area contributed by atoms with E-state index in [1.54, 1.807) is 21.0 Å². The fourth-order valence-corrected chi connectivity index (χ4v) is 2.86. The first-order chi connectivity index (χ1) is 9.74. The van der Waals surface area contributed by atoms with Crippen LogP contribution in [0.25, 0.3) is 0 Å². The van der Waals surface area contributed by atoms with Crippen molar-refractivity contribution in [3.05, 3.63) is 11.6 Å². The van der Waals surface area contributed by atoms with E-state index in [2.05, 4.69) is 0 Å². The molecule has 2 aliphatic rings. The van der Waals surface area contributed by atoms with Crippen LogP contribution < -0.4 is 0 Å². The number of fused-ring (bicyclic) bond motifs is 1. The van der Waals surface area contributed by atoms with E-state index in [1.807, 2.05) is 13.0 Å². The average Bonchev–Trinajstić information content (AvgIpc) is 2.40. The summed E-state index contributed by atoms with van der Waals surface area (Å²) in [7, 11) is 3.09. The summed E-state index contributed by atoms with van der Waals surface area (Å²) < 4.78 is 28.5. The van der Waals surface area contributed by atoms with Crippen LogP contribution in [0.5, 0.6) is 0 Å². The molecule has 2 rings (SSSR count). The summed E-state index contributed by atoms with van der Waals surface area (Å²) in [5.41, 5.74) is 1.09. The van der Waals surface area contributed by atoms with Crippen molar-refractivity contribution >= 4 is 5.97 Å². The zero-order chi connectivity index (χ0) is 15.8. The Hall–Kier alpha value is -0.950. The maximum absolute atomic E-state index is 11.3. The van der Waals surface area contributed by atoms with E-state index in [4.69, 9.17) is 23.7 Å². The highest BCUT2D eigenvalue weighted by atomic mass is 16.8. The normalized spacial score (nSPS) is 43.0. The summed E-state index contributed by atoms with van der Waals surface area (Å²) >= 11 is 0. The van der Waals surface area contributed by atoms with Crippen LogP contribution >= 0.6 is 0 Å². The van der Waals surface area contributed by atoms with Gasteiger partial charge in [-0.2, -0.15) is 0 Å². The van der Waals surface area contributed by atoms with E-state index in [-0.39, 0.29) is 12.1 Å². The molecule has 1 aliphatic carbocycles. The van der Waals surface area contributed by atoms with Crippen molar-refractivity contribution in [2.24, 2.45) is 0 Å². The fourth-order valence-electron chi connectivity index (χ4n) is 2.86. The standard InChI is InChI=1S/C15H24O6/c1-9-7-11(19-10(2)16)13-12(8-9)20-14(3,17-5)15(4,18-6)21-13/h7,11-13H,8H2,1-6H3/t11-,12+,13+,14-,15-/m0/s1. The molecule has 0 saturated carbocycles. The molecular weight excluding hydrogens is 276 g/mol.